The van der Waals surface area contributed by atoms with Gasteiger partial charge in [0.2, 0.25) is 0 Å². The van der Waals surface area contributed by atoms with Gasteiger partial charge in [0.15, 0.2) is 5.78 Å². The van der Waals surface area contributed by atoms with Crippen LogP contribution in [-0.4, -0.2) is 18.4 Å². The van der Waals surface area contributed by atoms with E-state index in [1.165, 1.54) is 13.3 Å². The smallest absolute Gasteiger partial charge is 0.302 e. The van der Waals surface area contributed by atoms with Gasteiger partial charge in [-0.15, -0.1) is 0 Å². The van der Waals surface area contributed by atoms with E-state index in [4.69, 9.17) is 4.74 Å². The number of unbranched alkanes of at least 4 members (excludes halogenated alkanes) is 2. The van der Waals surface area contributed by atoms with Crippen LogP contribution >= 0.6 is 0 Å². The highest BCUT2D eigenvalue weighted by molar-refractivity contribution is 5.93. The Labute approximate surface area is 109 Å². The molecule has 1 aromatic carbocycles. The van der Waals surface area contributed by atoms with Crippen LogP contribution in [0.2, 0.25) is 0 Å². The van der Waals surface area contributed by atoms with E-state index in [-0.39, 0.29) is 11.8 Å². The Morgan fingerprint density at radius 1 is 1.06 bits per heavy atom. The van der Waals surface area contributed by atoms with Crippen molar-refractivity contribution in [2.75, 3.05) is 6.61 Å². The number of esters is 1. The average molecular weight is 250 g/mol. The normalized spacial score (nSPS) is 9.06. The minimum atomic E-state index is -0.175. The summed E-state index contributed by atoms with van der Waals surface area (Å²) in [6, 6.07) is 9.23. The van der Waals surface area contributed by atoms with E-state index in [9.17, 15) is 9.59 Å². The third-order valence-corrected chi connectivity index (χ3v) is 2.23. The van der Waals surface area contributed by atoms with Gasteiger partial charge in [0.1, 0.15) is 0 Å². The van der Waals surface area contributed by atoms with Crippen molar-refractivity contribution in [1.29, 1.82) is 0 Å². The molecule has 0 spiro atoms. The summed E-state index contributed by atoms with van der Waals surface area (Å²) in [7, 11) is 0. The average Bonchev–Trinajstić information content (AvgIpc) is 2.36. The number of ketones is 1. The van der Waals surface area contributed by atoms with Gasteiger partial charge in [0.25, 0.3) is 0 Å². The van der Waals surface area contributed by atoms with Crippen molar-refractivity contribution in [3.8, 4) is 0 Å². The molecule has 0 unspecified atom stereocenters. The summed E-state index contributed by atoms with van der Waals surface area (Å²) in [5.74, 6) is -0.0540. The van der Waals surface area contributed by atoms with E-state index in [0.717, 1.165) is 18.4 Å². The first-order chi connectivity index (χ1) is 8.57. The van der Waals surface area contributed by atoms with E-state index in [1.54, 1.807) is 6.92 Å². The van der Waals surface area contributed by atoms with Gasteiger partial charge in [-0.3, -0.25) is 9.59 Å². The fourth-order valence-electron chi connectivity index (χ4n) is 1.24. The van der Waals surface area contributed by atoms with Crippen molar-refractivity contribution < 1.29 is 14.3 Å². The van der Waals surface area contributed by atoms with Crippen LogP contribution in [0.25, 0.3) is 0 Å². The van der Waals surface area contributed by atoms with Crippen molar-refractivity contribution in [2.24, 2.45) is 0 Å². The minimum absolute atomic E-state index is 0.121. The zero-order valence-electron chi connectivity index (χ0n) is 11.4. The molecule has 0 bridgehead atoms. The number of carbonyl (C=O) groups is 2. The topological polar surface area (TPSA) is 43.4 Å². The minimum Gasteiger partial charge on any atom is -0.466 e. The maximum absolute atomic E-state index is 10.6. The molecule has 3 nitrogen and oxygen atoms in total. The highest BCUT2D eigenvalue weighted by Gasteiger charge is 1.92. The summed E-state index contributed by atoms with van der Waals surface area (Å²) >= 11 is 0. The van der Waals surface area contributed by atoms with Gasteiger partial charge in [0, 0.05) is 12.5 Å². The molecule has 0 amide bonds. The first kappa shape index (κ1) is 16.4. The zero-order valence-corrected chi connectivity index (χ0v) is 11.4. The van der Waals surface area contributed by atoms with Gasteiger partial charge in [-0.2, -0.15) is 0 Å². The summed E-state index contributed by atoms with van der Waals surface area (Å²) in [5, 5.41) is 0. The van der Waals surface area contributed by atoms with E-state index < -0.39 is 0 Å². The molecule has 18 heavy (non-hydrogen) atoms. The predicted molar refractivity (Wildman–Crippen MR) is 72.6 cm³/mol. The number of hydrogen-bond acceptors (Lipinski definition) is 3. The molecule has 0 saturated heterocycles. The Kier molecular flexibility index (Phi) is 9.55. The first-order valence-corrected chi connectivity index (χ1v) is 6.27. The molecule has 0 aliphatic heterocycles. The van der Waals surface area contributed by atoms with Crippen LogP contribution in [0.4, 0.5) is 0 Å². The number of Topliss-reactive ketones (excluding diaryl/α,β-unsaturated/α-hetero) is 1. The van der Waals surface area contributed by atoms with Crippen LogP contribution < -0.4 is 0 Å². The van der Waals surface area contributed by atoms with Crippen LogP contribution in [0.5, 0.6) is 0 Å². The van der Waals surface area contributed by atoms with E-state index in [2.05, 4.69) is 6.92 Å². The van der Waals surface area contributed by atoms with Crippen LogP contribution in [0.1, 0.15) is 50.4 Å². The molecule has 0 fully saturated rings. The van der Waals surface area contributed by atoms with Crippen LogP contribution in [0, 0.1) is 0 Å². The summed E-state index contributed by atoms with van der Waals surface area (Å²) in [6.07, 6.45) is 3.31. The SMILES string of the molecule is CC(=O)c1ccccc1.CCCCCOC(C)=O. The molecule has 1 aromatic rings. The number of carbonyl (C=O) groups excluding carboxylic acids is 2. The van der Waals surface area contributed by atoms with Crippen LogP contribution in [-0.2, 0) is 9.53 Å². The molecule has 3 heteroatoms. The number of benzene rings is 1. The summed E-state index contributed by atoms with van der Waals surface area (Å²) in [4.78, 5) is 20.8. The zero-order chi connectivity index (χ0) is 13.8. The van der Waals surface area contributed by atoms with Gasteiger partial charge >= 0.3 is 5.97 Å². The maximum atomic E-state index is 10.6. The second-order valence-corrected chi connectivity index (χ2v) is 3.97. The van der Waals surface area contributed by atoms with Gasteiger partial charge < -0.3 is 4.74 Å². The van der Waals surface area contributed by atoms with Crippen molar-refractivity contribution in [3.63, 3.8) is 0 Å². The van der Waals surface area contributed by atoms with Gasteiger partial charge in [-0.25, -0.2) is 0 Å². The molecule has 0 atom stereocenters. The van der Waals surface area contributed by atoms with Gasteiger partial charge in [0.05, 0.1) is 6.61 Å². The lowest BCUT2D eigenvalue weighted by molar-refractivity contribution is -0.141. The molecule has 0 radical (unpaired) electrons. The highest BCUT2D eigenvalue weighted by Crippen LogP contribution is 1.97. The fourth-order valence-corrected chi connectivity index (χ4v) is 1.24. The largest absolute Gasteiger partial charge is 0.466 e. The highest BCUT2D eigenvalue weighted by atomic mass is 16.5. The molecule has 0 saturated carbocycles. The second kappa shape index (κ2) is 10.5. The molecule has 0 N–H and O–H groups in total. The van der Waals surface area contributed by atoms with E-state index >= 15 is 0 Å². The lowest BCUT2D eigenvalue weighted by Crippen LogP contribution is -1.99. The van der Waals surface area contributed by atoms with Crippen molar-refractivity contribution in [2.45, 2.75) is 40.0 Å². The van der Waals surface area contributed by atoms with E-state index in [0.29, 0.717) is 6.61 Å². The first-order valence-electron chi connectivity index (χ1n) is 6.27. The lowest BCUT2D eigenvalue weighted by atomic mass is 10.2. The molecule has 0 aromatic heterocycles. The second-order valence-electron chi connectivity index (χ2n) is 3.97. The standard InChI is InChI=1S/C8H8O.C7H14O2/c1-7(9)8-5-3-2-4-6-8;1-3-4-5-6-9-7(2)8/h2-6H,1H3;3-6H2,1-2H3. The van der Waals surface area contributed by atoms with Crippen molar-refractivity contribution in [1.82, 2.24) is 0 Å². The van der Waals surface area contributed by atoms with Crippen molar-refractivity contribution >= 4 is 11.8 Å². The maximum Gasteiger partial charge on any atom is 0.302 e. The molecule has 100 valence electrons. The quantitative estimate of drug-likeness (QED) is 0.455. The molecule has 0 heterocycles. The summed E-state index contributed by atoms with van der Waals surface area (Å²) < 4.78 is 4.70. The van der Waals surface area contributed by atoms with Crippen molar-refractivity contribution in [3.05, 3.63) is 35.9 Å². The summed E-state index contributed by atoms with van der Waals surface area (Å²) in [5.41, 5.74) is 0.775. The third kappa shape index (κ3) is 9.58. The monoisotopic (exact) mass is 250 g/mol. The number of rotatable bonds is 5. The van der Waals surface area contributed by atoms with E-state index in [1.807, 2.05) is 30.3 Å². The Bertz CT molecular complexity index is 344. The lowest BCUT2D eigenvalue weighted by Gasteiger charge is -1.98. The Morgan fingerprint density at radius 3 is 2.06 bits per heavy atom. The van der Waals surface area contributed by atoms with Crippen LogP contribution in [0.3, 0.4) is 0 Å². The number of hydrogen-bond donors (Lipinski definition) is 0. The molecular formula is C15H22O3. The summed E-state index contributed by atoms with van der Waals surface area (Å²) in [6.45, 7) is 5.71. The molecular weight excluding hydrogens is 228 g/mol. The Hall–Kier alpha value is -1.64. The van der Waals surface area contributed by atoms with Gasteiger partial charge in [-0.1, -0.05) is 50.1 Å². The molecule has 1 rings (SSSR count). The molecule has 0 aliphatic carbocycles. The molecule has 0 aliphatic rings. The van der Waals surface area contributed by atoms with Crippen LogP contribution in [0.15, 0.2) is 30.3 Å². The number of ether oxygens (including phenoxy) is 1. The fraction of sp³-hybridized carbons (Fsp3) is 0.467. The van der Waals surface area contributed by atoms with Gasteiger partial charge in [-0.05, 0) is 13.3 Å². The Morgan fingerprint density at radius 2 is 1.67 bits per heavy atom. The predicted octanol–water partition coefficient (Wildman–Crippen LogP) is 3.63. The third-order valence-electron chi connectivity index (χ3n) is 2.23. The Balaban J connectivity index is 0.000000321.